The number of nitrogens with one attached hydrogen (secondary N) is 1. The molecule has 1 aromatic heterocycles. The van der Waals surface area contributed by atoms with Crippen LogP contribution >= 0.6 is 0 Å². The summed E-state index contributed by atoms with van der Waals surface area (Å²) in [4.78, 5) is 0. The monoisotopic (exact) mass is 223 g/mol. The van der Waals surface area contributed by atoms with Crippen molar-refractivity contribution in [1.82, 2.24) is 0 Å². The number of hydrogen-bond acceptors (Lipinski definition) is 2. The van der Waals surface area contributed by atoms with E-state index in [0.29, 0.717) is 0 Å². The Morgan fingerprint density at radius 1 is 0.882 bits per heavy atom. The number of anilines is 2. The molecule has 84 valence electrons. The van der Waals surface area contributed by atoms with Crippen LogP contribution in [0.1, 0.15) is 5.56 Å². The summed E-state index contributed by atoms with van der Waals surface area (Å²) in [5.74, 6) is 0. The van der Waals surface area contributed by atoms with Gasteiger partial charge < -0.3 is 9.73 Å². The zero-order valence-electron chi connectivity index (χ0n) is 9.60. The highest BCUT2D eigenvalue weighted by Gasteiger charge is 1.99. The Hall–Kier alpha value is -2.22. The number of furan rings is 1. The molecular formula is C15H13NO. The average molecular weight is 223 g/mol. The molecule has 0 atom stereocenters. The number of hydrogen-bond donors (Lipinski definition) is 1. The van der Waals surface area contributed by atoms with Crippen LogP contribution in [0.25, 0.3) is 11.0 Å². The lowest BCUT2D eigenvalue weighted by Crippen LogP contribution is -1.89. The van der Waals surface area contributed by atoms with Crippen LogP contribution in [0.3, 0.4) is 0 Å². The van der Waals surface area contributed by atoms with Gasteiger partial charge in [0.25, 0.3) is 0 Å². The molecule has 0 amide bonds. The smallest absolute Gasteiger partial charge is 0.133 e. The van der Waals surface area contributed by atoms with Crippen molar-refractivity contribution in [2.45, 2.75) is 6.92 Å². The van der Waals surface area contributed by atoms with Gasteiger partial charge in [-0.1, -0.05) is 17.7 Å². The molecule has 1 heterocycles. The van der Waals surface area contributed by atoms with Crippen LogP contribution in [0, 0.1) is 6.92 Å². The molecule has 0 spiro atoms. The molecule has 0 unspecified atom stereocenters. The van der Waals surface area contributed by atoms with Gasteiger partial charge in [0.2, 0.25) is 0 Å². The lowest BCUT2D eigenvalue weighted by molar-refractivity contribution is 0.616. The summed E-state index contributed by atoms with van der Waals surface area (Å²) in [6.07, 6.45) is 1.71. The highest BCUT2D eigenvalue weighted by molar-refractivity contribution is 5.82. The van der Waals surface area contributed by atoms with Gasteiger partial charge in [-0.15, -0.1) is 0 Å². The van der Waals surface area contributed by atoms with Crippen molar-refractivity contribution in [3.8, 4) is 0 Å². The van der Waals surface area contributed by atoms with Crippen LogP contribution in [0.15, 0.2) is 59.2 Å². The summed E-state index contributed by atoms with van der Waals surface area (Å²) in [5.41, 5.74) is 4.35. The van der Waals surface area contributed by atoms with Gasteiger partial charge in [-0.05, 0) is 43.3 Å². The first-order valence-electron chi connectivity index (χ1n) is 5.62. The van der Waals surface area contributed by atoms with E-state index in [1.807, 2.05) is 18.2 Å². The third-order valence-electron chi connectivity index (χ3n) is 2.79. The second kappa shape index (κ2) is 3.98. The molecule has 3 rings (SSSR count). The SMILES string of the molecule is Cc1ccc(Nc2ccc3occc3c2)cc1. The van der Waals surface area contributed by atoms with Crippen LogP contribution < -0.4 is 5.32 Å². The van der Waals surface area contributed by atoms with Crippen molar-refractivity contribution in [2.75, 3.05) is 5.32 Å². The van der Waals surface area contributed by atoms with Gasteiger partial charge in [0.1, 0.15) is 5.58 Å². The lowest BCUT2D eigenvalue weighted by atomic mass is 10.2. The number of fused-ring (bicyclic) bond motifs is 1. The quantitative estimate of drug-likeness (QED) is 0.692. The predicted octanol–water partition coefficient (Wildman–Crippen LogP) is 4.48. The van der Waals surface area contributed by atoms with E-state index in [2.05, 4.69) is 42.6 Å². The van der Waals surface area contributed by atoms with Crippen molar-refractivity contribution in [3.05, 3.63) is 60.4 Å². The Bertz CT molecular complexity index is 637. The number of aryl methyl sites for hydroxylation is 1. The Morgan fingerprint density at radius 3 is 2.47 bits per heavy atom. The van der Waals surface area contributed by atoms with Gasteiger partial charge in [-0.3, -0.25) is 0 Å². The zero-order valence-corrected chi connectivity index (χ0v) is 9.60. The van der Waals surface area contributed by atoms with Crippen LogP contribution in [0.4, 0.5) is 11.4 Å². The summed E-state index contributed by atoms with van der Waals surface area (Å²) in [6, 6.07) is 16.4. The van der Waals surface area contributed by atoms with Crippen molar-refractivity contribution < 1.29 is 4.42 Å². The van der Waals surface area contributed by atoms with E-state index < -0.39 is 0 Å². The number of rotatable bonds is 2. The van der Waals surface area contributed by atoms with Crippen molar-refractivity contribution in [1.29, 1.82) is 0 Å². The highest BCUT2D eigenvalue weighted by atomic mass is 16.3. The van der Waals surface area contributed by atoms with Crippen LogP contribution in [0.5, 0.6) is 0 Å². The molecule has 3 aromatic rings. The van der Waals surface area contributed by atoms with E-state index in [9.17, 15) is 0 Å². The first-order valence-corrected chi connectivity index (χ1v) is 5.62. The molecule has 2 nitrogen and oxygen atoms in total. The second-order valence-corrected chi connectivity index (χ2v) is 4.16. The molecule has 0 fully saturated rings. The topological polar surface area (TPSA) is 25.2 Å². The Balaban J connectivity index is 1.91. The molecule has 0 saturated carbocycles. The van der Waals surface area contributed by atoms with E-state index in [1.165, 1.54) is 5.56 Å². The largest absolute Gasteiger partial charge is 0.464 e. The molecule has 1 N–H and O–H groups in total. The van der Waals surface area contributed by atoms with Gasteiger partial charge in [0, 0.05) is 16.8 Å². The fourth-order valence-electron chi connectivity index (χ4n) is 1.85. The normalized spacial score (nSPS) is 10.6. The van der Waals surface area contributed by atoms with Crippen molar-refractivity contribution in [3.63, 3.8) is 0 Å². The minimum absolute atomic E-state index is 0.916. The summed E-state index contributed by atoms with van der Waals surface area (Å²) >= 11 is 0. The third kappa shape index (κ3) is 2.02. The molecule has 0 aliphatic heterocycles. The fraction of sp³-hybridized carbons (Fsp3) is 0.0667. The Labute approximate surface area is 99.9 Å². The van der Waals surface area contributed by atoms with Gasteiger partial charge >= 0.3 is 0 Å². The number of benzene rings is 2. The van der Waals surface area contributed by atoms with E-state index in [0.717, 1.165) is 22.3 Å². The van der Waals surface area contributed by atoms with Gasteiger partial charge in [-0.2, -0.15) is 0 Å². The molecule has 17 heavy (non-hydrogen) atoms. The summed E-state index contributed by atoms with van der Waals surface area (Å²) in [5, 5.41) is 4.48. The highest BCUT2D eigenvalue weighted by Crippen LogP contribution is 2.23. The minimum Gasteiger partial charge on any atom is -0.464 e. The van der Waals surface area contributed by atoms with Gasteiger partial charge in [-0.25, -0.2) is 0 Å². The van der Waals surface area contributed by atoms with E-state index in [-0.39, 0.29) is 0 Å². The summed E-state index contributed by atoms with van der Waals surface area (Å²) < 4.78 is 5.31. The molecule has 2 aromatic carbocycles. The van der Waals surface area contributed by atoms with E-state index in [1.54, 1.807) is 6.26 Å². The van der Waals surface area contributed by atoms with E-state index in [4.69, 9.17) is 4.42 Å². The minimum atomic E-state index is 0.916. The fourth-order valence-corrected chi connectivity index (χ4v) is 1.85. The molecular weight excluding hydrogens is 210 g/mol. The maximum Gasteiger partial charge on any atom is 0.133 e. The molecule has 0 aliphatic carbocycles. The second-order valence-electron chi connectivity index (χ2n) is 4.16. The molecule has 0 saturated heterocycles. The lowest BCUT2D eigenvalue weighted by Gasteiger charge is -2.06. The Morgan fingerprint density at radius 2 is 1.65 bits per heavy atom. The van der Waals surface area contributed by atoms with Crippen molar-refractivity contribution in [2.24, 2.45) is 0 Å². The van der Waals surface area contributed by atoms with E-state index >= 15 is 0 Å². The third-order valence-corrected chi connectivity index (χ3v) is 2.79. The first-order chi connectivity index (χ1) is 8.31. The summed E-state index contributed by atoms with van der Waals surface area (Å²) in [6.45, 7) is 2.08. The Kier molecular flexibility index (Phi) is 2.33. The van der Waals surface area contributed by atoms with Crippen LogP contribution in [-0.4, -0.2) is 0 Å². The van der Waals surface area contributed by atoms with Gasteiger partial charge in [0.05, 0.1) is 6.26 Å². The predicted molar refractivity (Wildman–Crippen MR) is 70.7 cm³/mol. The molecule has 2 heteroatoms. The molecule has 0 bridgehead atoms. The van der Waals surface area contributed by atoms with Crippen LogP contribution in [0.2, 0.25) is 0 Å². The summed E-state index contributed by atoms with van der Waals surface area (Å²) in [7, 11) is 0. The zero-order chi connectivity index (χ0) is 11.7. The standard InChI is InChI=1S/C15H13NO/c1-11-2-4-13(5-3-11)16-14-6-7-15-12(10-14)8-9-17-15/h2-10,16H,1H3. The van der Waals surface area contributed by atoms with Crippen molar-refractivity contribution >= 4 is 22.3 Å². The molecule has 0 aliphatic rings. The molecule has 0 radical (unpaired) electrons. The maximum atomic E-state index is 5.31. The van der Waals surface area contributed by atoms with Gasteiger partial charge in [0.15, 0.2) is 0 Å². The first kappa shape index (κ1) is 9.97. The average Bonchev–Trinajstić information content (AvgIpc) is 2.79. The maximum absolute atomic E-state index is 5.31. The van der Waals surface area contributed by atoms with Crippen LogP contribution in [-0.2, 0) is 0 Å².